The van der Waals surface area contributed by atoms with Gasteiger partial charge in [-0.1, -0.05) is 22.0 Å². The Balaban J connectivity index is 2.27. The van der Waals surface area contributed by atoms with Crippen molar-refractivity contribution in [1.82, 2.24) is 4.90 Å². The van der Waals surface area contributed by atoms with E-state index in [2.05, 4.69) is 20.8 Å². The highest BCUT2D eigenvalue weighted by atomic mass is 79.9. The predicted molar refractivity (Wildman–Crippen MR) is 76.6 cm³/mol. The monoisotopic (exact) mass is 311 g/mol. The third-order valence-corrected chi connectivity index (χ3v) is 3.79. The Bertz CT molecular complexity index is 438. The van der Waals surface area contributed by atoms with Crippen LogP contribution in [0.1, 0.15) is 6.42 Å². The summed E-state index contributed by atoms with van der Waals surface area (Å²) in [5.74, 6) is 0.159. The average Bonchev–Trinajstić information content (AvgIpc) is 2.35. The van der Waals surface area contributed by atoms with Crippen molar-refractivity contribution in [2.75, 3.05) is 31.6 Å². The molecule has 18 heavy (non-hydrogen) atoms. The second-order valence-corrected chi connectivity index (χ2v) is 5.44. The van der Waals surface area contributed by atoms with Crippen molar-refractivity contribution >= 4 is 27.5 Å². The number of amides is 1. The smallest absolute Gasteiger partial charge is 0.245 e. The van der Waals surface area contributed by atoms with Crippen molar-refractivity contribution in [3.63, 3.8) is 0 Å². The number of hydrogen-bond acceptors (Lipinski definition) is 3. The number of rotatable bonds is 3. The van der Waals surface area contributed by atoms with E-state index in [0.717, 1.165) is 23.2 Å². The summed E-state index contributed by atoms with van der Waals surface area (Å²) in [4.78, 5) is 16.1. The number of nitrogens with zero attached hydrogens (tertiary/aromatic N) is 2. The molecule has 0 aromatic heterocycles. The minimum atomic E-state index is -0.136. The molecule has 1 aliphatic heterocycles. The van der Waals surface area contributed by atoms with E-state index < -0.39 is 0 Å². The highest BCUT2D eigenvalue weighted by molar-refractivity contribution is 9.10. The van der Waals surface area contributed by atoms with E-state index in [9.17, 15) is 4.79 Å². The minimum absolute atomic E-state index is 0.136. The molecule has 1 aromatic rings. The van der Waals surface area contributed by atoms with Crippen LogP contribution in [-0.2, 0) is 4.79 Å². The Morgan fingerprint density at radius 1 is 1.44 bits per heavy atom. The summed E-state index contributed by atoms with van der Waals surface area (Å²) in [6.45, 7) is 2.13. The molecule has 1 saturated heterocycles. The zero-order chi connectivity index (χ0) is 13.1. The van der Waals surface area contributed by atoms with Crippen LogP contribution < -0.4 is 10.6 Å². The van der Waals surface area contributed by atoms with Gasteiger partial charge in [0.1, 0.15) is 6.04 Å². The molecule has 1 fully saturated rings. The molecule has 2 N–H and O–H groups in total. The fourth-order valence-electron chi connectivity index (χ4n) is 2.31. The molecule has 98 valence electrons. The molecule has 1 amide bonds. The van der Waals surface area contributed by atoms with Gasteiger partial charge < -0.3 is 15.5 Å². The van der Waals surface area contributed by atoms with Gasteiger partial charge in [-0.15, -0.1) is 0 Å². The molecule has 0 radical (unpaired) electrons. The van der Waals surface area contributed by atoms with Gasteiger partial charge >= 0.3 is 0 Å². The van der Waals surface area contributed by atoms with E-state index in [1.807, 2.05) is 31.3 Å². The standard InChI is InChI=1S/C13H18BrN3O/c1-16-7-8-17(12(5-6-15)13(16)18)11-4-2-3-10(14)9-11/h2-4,9,12H,5-8,15H2,1H3. The average molecular weight is 312 g/mol. The van der Waals surface area contributed by atoms with Crippen LogP contribution in [0.25, 0.3) is 0 Å². The van der Waals surface area contributed by atoms with Gasteiger partial charge in [0.25, 0.3) is 0 Å². The van der Waals surface area contributed by atoms with Crippen molar-refractivity contribution in [2.45, 2.75) is 12.5 Å². The van der Waals surface area contributed by atoms with Crippen LogP contribution in [-0.4, -0.2) is 43.5 Å². The first-order chi connectivity index (χ1) is 8.63. The Labute approximate surface area is 116 Å². The Morgan fingerprint density at radius 3 is 2.89 bits per heavy atom. The van der Waals surface area contributed by atoms with Gasteiger partial charge in [0.05, 0.1) is 0 Å². The molecule has 0 spiro atoms. The molecule has 0 bridgehead atoms. The Morgan fingerprint density at radius 2 is 2.22 bits per heavy atom. The zero-order valence-corrected chi connectivity index (χ0v) is 12.1. The molecule has 2 rings (SSSR count). The molecule has 4 nitrogen and oxygen atoms in total. The normalized spacial score (nSPS) is 20.4. The predicted octanol–water partition coefficient (Wildman–Crippen LogP) is 1.44. The highest BCUT2D eigenvalue weighted by Crippen LogP contribution is 2.25. The van der Waals surface area contributed by atoms with E-state index in [1.165, 1.54) is 0 Å². The molecule has 0 aliphatic carbocycles. The lowest BCUT2D eigenvalue weighted by Gasteiger charge is -2.40. The Hall–Kier alpha value is -1.07. The lowest BCUT2D eigenvalue weighted by atomic mass is 10.1. The first-order valence-corrected chi connectivity index (χ1v) is 6.90. The fraction of sp³-hybridized carbons (Fsp3) is 0.462. The van der Waals surface area contributed by atoms with Gasteiger partial charge in [0.15, 0.2) is 0 Å². The van der Waals surface area contributed by atoms with Crippen LogP contribution in [0.3, 0.4) is 0 Å². The van der Waals surface area contributed by atoms with E-state index in [-0.39, 0.29) is 11.9 Å². The molecule has 0 saturated carbocycles. The molecule has 1 atom stereocenters. The van der Waals surface area contributed by atoms with Crippen LogP contribution in [0, 0.1) is 0 Å². The number of halogens is 1. The number of benzene rings is 1. The maximum Gasteiger partial charge on any atom is 0.245 e. The number of hydrogen-bond donors (Lipinski definition) is 1. The molecule has 1 aliphatic rings. The van der Waals surface area contributed by atoms with Crippen LogP contribution in [0.4, 0.5) is 5.69 Å². The zero-order valence-electron chi connectivity index (χ0n) is 10.5. The quantitative estimate of drug-likeness (QED) is 0.919. The van der Waals surface area contributed by atoms with Crippen LogP contribution in [0.2, 0.25) is 0 Å². The van der Waals surface area contributed by atoms with Gasteiger partial charge in [0.2, 0.25) is 5.91 Å². The first-order valence-electron chi connectivity index (χ1n) is 6.10. The number of likely N-dealkylation sites (N-methyl/N-ethyl adjacent to an activating group) is 1. The van der Waals surface area contributed by atoms with Crippen molar-refractivity contribution in [3.05, 3.63) is 28.7 Å². The van der Waals surface area contributed by atoms with E-state index in [4.69, 9.17) is 5.73 Å². The first kappa shape index (κ1) is 13.4. The van der Waals surface area contributed by atoms with Crippen LogP contribution >= 0.6 is 15.9 Å². The van der Waals surface area contributed by atoms with Gasteiger partial charge in [-0.05, 0) is 31.2 Å². The SMILES string of the molecule is CN1CCN(c2cccc(Br)c2)C(CCN)C1=O. The van der Waals surface area contributed by atoms with Gasteiger partial charge in [-0.2, -0.15) is 0 Å². The van der Waals surface area contributed by atoms with Crippen molar-refractivity contribution in [2.24, 2.45) is 5.73 Å². The van der Waals surface area contributed by atoms with E-state index in [0.29, 0.717) is 13.0 Å². The lowest BCUT2D eigenvalue weighted by Crippen LogP contribution is -2.56. The Kier molecular flexibility index (Phi) is 4.24. The second kappa shape index (κ2) is 5.71. The largest absolute Gasteiger partial charge is 0.358 e. The minimum Gasteiger partial charge on any atom is -0.358 e. The van der Waals surface area contributed by atoms with Crippen molar-refractivity contribution < 1.29 is 4.79 Å². The summed E-state index contributed by atoms with van der Waals surface area (Å²) >= 11 is 3.47. The van der Waals surface area contributed by atoms with Crippen molar-refractivity contribution in [3.8, 4) is 0 Å². The van der Waals surface area contributed by atoms with Gasteiger partial charge in [-0.25, -0.2) is 0 Å². The third-order valence-electron chi connectivity index (χ3n) is 3.29. The molecule has 5 heteroatoms. The topological polar surface area (TPSA) is 49.6 Å². The summed E-state index contributed by atoms with van der Waals surface area (Å²) in [5.41, 5.74) is 6.70. The van der Waals surface area contributed by atoms with E-state index >= 15 is 0 Å². The second-order valence-electron chi connectivity index (χ2n) is 4.53. The van der Waals surface area contributed by atoms with Crippen molar-refractivity contribution in [1.29, 1.82) is 0 Å². The van der Waals surface area contributed by atoms with Crippen LogP contribution in [0.5, 0.6) is 0 Å². The fourth-order valence-corrected chi connectivity index (χ4v) is 2.70. The number of anilines is 1. The molecule has 1 aromatic carbocycles. The molecular weight excluding hydrogens is 294 g/mol. The van der Waals surface area contributed by atoms with E-state index in [1.54, 1.807) is 4.90 Å². The lowest BCUT2D eigenvalue weighted by molar-refractivity contribution is -0.133. The molecular formula is C13H18BrN3O. The maximum absolute atomic E-state index is 12.2. The number of piperazine rings is 1. The summed E-state index contributed by atoms with van der Waals surface area (Å²) < 4.78 is 1.03. The number of carbonyl (C=O) groups excluding carboxylic acids is 1. The number of carbonyl (C=O) groups is 1. The summed E-state index contributed by atoms with van der Waals surface area (Å²) in [6, 6.07) is 7.92. The van der Waals surface area contributed by atoms with Gasteiger partial charge in [-0.3, -0.25) is 4.79 Å². The number of nitrogens with two attached hydrogens (primary N) is 1. The summed E-state index contributed by atoms with van der Waals surface area (Å²) in [7, 11) is 1.85. The highest BCUT2D eigenvalue weighted by Gasteiger charge is 2.32. The van der Waals surface area contributed by atoms with Gasteiger partial charge in [0, 0.05) is 30.3 Å². The summed E-state index contributed by atoms with van der Waals surface area (Å²) in [5, 5.41) is 0. The van der Waals surface area contributed by atoms with Crippen LogP contribution in [0.15, 0.2) is 28.7 Å². The summed E-state index contributed by atoms with van der Waals surface area (Å²) in [6.07, 6.45) is 0.690. The molecule has 1 unspecified atom stereocenters. The maximum atomic E-state index is 12.2. The molecule has 1 heterocycles. The third kappa shape index (κ3) is 2.67.